The van der Waals surface area contributed by atoms with E-state index in [2.05, 4.69) is 39.2 Å². The lowest BCUT2D eigenvalue weighted by atomic mass is 9.88. The highest BCUT2D eigenvalue weighted by Crippen LogP contribution is 2.45. The molecule has 4 aliphatic rings. The van der Waals surface area contributed by atoms with Crippen molar-refractivity contribution in [1.29, 1.82) is 0 Å². The molecule has 2 atom stereocenters. The monoisotopic (exact) mass is 618 g/mol. The summed E-state index contributed by atoms with van der Waals surface area (Å²) in [7, 11) is -3.01. The smallest absolute Gasteiger partial charge is 0.410 e. The van der Waals surface area contributed by atoms with Gasteiger partial charge in [-0.25, -0.2) is 23.2 Å². The van der Waals surface area contributed by atoms with E-state index in [-0.39, 0.29) is 23.7 Å². The number of nitrogens with zero attached hydrogens (tertiary/aromatic N) is 5. The minimum Gasteiger partial charge on any atom is -0.483 e. The van der Waals surface area contributed by atoms with E-state index in [1.807, 2.05) is 47.1 Å². The number of rotatable bonds is 5. The van der Waals surface area contributed by atoms with Crippen molar-refractivity contribution in [3.8, 4) is 5.75 Å². The third-order valence-corrected chi connectivity index (χ3v) is 10.9. The molecule has 44 heavy (non-hydrogen) atoms. The van der Waals surface area contributed by atoms with Gasteiger partial charge in [-0.3, -0.25) is 4.90 Å². The van der Waals surface area contributed by atoms with E-state index in [1.165, 1.54) is 11.9 Å². The van der Waals surface area contributed by atoms with E-state index >= 15 is 0 Å². The van der Waals surface area contributed by atoms with Crippen LogP contribution in [0.25, 0.3) is 0 Å². The molecule has 2 aromatic carbocycles. The van der Waals surface area contributed by atoms with Gasteiger partial charge in [0, 0.05) is 51.2 Å². The van der Waals surface area contributed by atoms with Gasteiger partial charge in [-0.05, 0) is 43.0 Å². The van der Waals surface area contributed by atoms with Gasteiger partial charge in [0.25, 0.3) is 0 Å². The molecule has 0 spiro atoms. The topological polar surface area (TPSA) is 117 Å². The number of fused-ring (bicyclic) bond motifs is 2. The van der Waals surface area contributed by atoms with Crippen molar-refractivity contribution in [1.82, 2.24) is 19.8 Å². The van der Waals surface area contributed by atoms with Gasteiger partial charge in [-0.1, -0.05) is 36.4 Å². The zero-order valence-corrected chi connectivity index (χ0v) is 25.9. The minimum atomic E-state index is -3.01. The number of hydrogen-bond donors (Lipinski definition) is 1. The molecule has 1 aromatic heterocycles. The van der Waals surface area contributed by atoms with Crippen LogP contribution < -0.4 is 15.0 Å². The first-order valence-electron chi connectivity index (χ1n) is 15.3. The number of carbonyl (C=O) groups is 1. The first-order chi connectivity index (χ1) is 21.2. The number of nitrogens with one attached hydrogen (secondary N) is 1. The number of aromatic nitrogens is 2. The lowest BCUT2D eigenvalue weighted by molar-refractivity contribution is 0.0815. The Kier molecular flexibility index (Phi) is 7.57. The second-order valence-corrected chi connectivity index (χ2v) is 14.6. The first-order valence-corrected chi connectivity index (χ1v) is 17.1. The van der Waals surface area contributed by atoms with Gasteiger partial charge in [0.15, 0.2) is 9.84 Å². The minimum absolute atomic E-state index is 0.118. The highest BCUT2D eigenvalue weighted by atomic mass is 32.2. The number of amides is 1. The van der Waals surface area contributed by atoms with E-state index in [1.54, 1.807) is 0 Å². The first kappa shape index (κ1) is 28.8. The number of sulfone groups is 1. The number of anilines is 3. The van der Waals surface area contributed by atoms with Crippen molar-refractivity contribution in [2.45, 2.75) is 44.9 Å². The SMILES string of the molecule is Cc1cc(C2CN([C@@H]3CCN(C(=O)OCc4ccccc4)C3)C2)cc2c1O[C@H](C)c1c(ncnc1N1CCS(=O)(=O)CC1)N2. The highest BCUT2D eigenvalue weighted by Gasteiger charge is 2.39. The normalized spacial score (nSPS) is 23.0. The molecule has 0 unspecified atom stereocenters. The van der Waals surface area contributed by atoms with Crippen molar-refractivity contribution >= 4 is 33.3 Å². The quantitative estimate of drug-likeness (QED) is 0.449. The number of benzene rings is 2. The Morgan fingerprint density at radius 2 is 1.84 bits per heavy atom. The van der Waals surface area contributed by atoms with Crippen LogP contribution in [0.5, 0.6) is 5.75 Å². The van der Waals surface area contributed by atoms with Gasteiger partial charge < -0.3 is 24.6 Å². The summed E-state index contributed by atoms with van der Waals surface area (Å²) in [5.74, 6) is 2.82. The molecule has 0 bridgehead atoms. The Morgan fingerprint density at radius 1 is 1.07 bits per heavy atom. The number of ether oxygens (including phenoxy) is 2. The maximum atomic E-state index is 12.7. The summed E-state index contributed by atoms with van der Waals surface area (Å²) >= 11 is 0. The summed E-state index contributed by atoms with van der Waals surface area (Å²) in [6.07, 6.45) is 1.92. The highest BCUT2D eigenvalue weighted by molar-refractivity contribution is 7.91. The van der Waals surface area contributed by atoms with Gasteiger partial charge in [0.2, 0.25) is 0 Å². The Bertz CT molecular complexity index is 1650. The number of hydrogen-bond acceptors (Lipinski definition) is 10. The molecule has 7 rings (SSSR count). The summed E-state index contributed by atoms with van der Waals surface area (Å²) in [4.78, 5) is 28.1. The number of likely N-dealkylation sites (tertiary alicyclic amines) is 2. The van der Waals surface area contributed by atoms with Gasteiger partial charge >= 0.3 is 6.09 Å². The molecular formula is C32H38N6O5S. The second-order valence-electron chi connectivity index (χ2n) is 12.3. The van der Waals surface area contributed by atoms with Crippen LogP contribution in [0.1, 0.15) is 47.6 Å². The molecule has 1 N–H and O–H groups in total. The molecule has 3 saturated heterocycles. The summed E-state index contributed by atoms with van der Waals surface area (Å²) in [6.45, 7) is 8.44. The van der Waals surface area contributed by atoms with Crippen LogP contribution in [-0.2, 0) is 21.2 Å². The third kappa shape index (κ3) is 5.68. The predicted molar refractivity (Wildman–Crippen MR) is 167 cm³/mol. The van der Waals surface area contributed by atoms with E-state index in [0.717, 1.165) is 53.5 Å². The molecular weight excluding hydrogens is 580 g/mol. The van der Waals surface area contributed by atoms with Crippen LogP contribution in [0, 0.1) is 6.92 Å². The second kappa shape index (κ2) is 11.6. The summed E-state index contributed by atoms with van der Waals surface area (Å²) in [5.41, 5.74) is 5.01. The third-order valence-electron chi connectivity index (χ3n) is 9.28. The van der Waals surface area contributed by atoms with Gasteiger partial charge in [-0.2, -0.15) is 0 Å². The Labute approximate surface area is 258 Å². The zero-order chi connectivity index (χ0) is 30.4. The standard InChI is InChI=1S/C32H38N6O5S/c1-21-14-24(25-16-38(17-25)26-8-9-37(18-26)32(39)42-19-23-6-4-3-5-7-23)15-27-29(21)43-22(2)28-30(35-27)33-20-34-31(28)36-10-12-44(40,41)13-11-36/h3-7,14-15,20,22,25-26H,8-13,16-19H2,1-2H3,(H,33,34,35)/t22-,26-/m1/s1. The van der Waals surface area contributed by atoms with Crippen molar-refractivity contribution in [2.75, 3.05) is 61.0 Å². The molecule has 11 nitrogen and oxygen atoms in total. The van der Waals surface area contributed by atoms with E-state index in [9.17, 15) is 13.2 Å². The van der Waals surface area contributed by atoms with E-state index in [4.69, 9.17) is 9.47 Å². The molecule has 0 radical (unpaired) electrons. The van der Waals surface area contributed by atoms with E-state index in [0.29, 0.717) is 50.6 Å². The van der Waals surface area contributed by atoms with Gasteiger partial charge in [-0.15, -0.1) is 0 Å². The fourth-order valence-electron chi connectivity index (χ4n) is 6.72. The molecule has 3 aromatic rings. The molecule has 4 aliphatic heterocycles. The molecule has 1 amide bonds. The molecule has 5 heterocycles. The summed E-state index contributed by atoms with van der Waals surface area (Å²) in [6, 6.07) is 14.5. The molecule has 3 fully saturated rings. The fourth-order valence-corrected chi connectivity index (χ4v) is 7.93. The van der Waals surface area contributed by atoms with Crippen LogP contribution >= 0.6 is 0 Å². The number of aryl methyl sites for hydroxylation is 1. The lowest BCUT2D eigenvalue weighted by Gasteiger charge is -2.43. The Hall–Kier alpha value is -3.90. The van der Waals surface area contributed by atoms with E-state index < -0.39 is 9.84 Å². The Morgan fingerprint density at radius 3 is 2.61 bits per heavy atom. The van der Waals surface area contributed by atoms with Crippen LogP contribution in [0.15, 0.2) is 48.8 Å². The van der Waals surface area contributed by atoms with Gasteiger partial charge in [0.05, 0.1) is 22.8 Å². The largest absolute Gasteiger partial charge is 0.483 e. The van der Waals surface area contributed by atoms with Crippen LogP contribution in [0.2, 0.25) is 0 Å². The van der Waals surface area contributed by atoms with Crippen molar-refractivity contribution in [3.63, 3.8) is 0 Å². The van der Waals surface area contributed by atoms with Crippen LogP contribution in [0.3, 0.4) is 0 Å². The molecule has 232 valence electrons. The fraction of sp³-hybridized carbons (Fsp3) is 0.469. The lowest BCUT2D eigenvalue weighted by Crippen LogP contribution is -2.51. The van der Waals surface area contributed by atoms with Crippen molar-refractivity contribution in [2.24, 2.45) is 0 Å². The van der Waals surface area contributed by atoms with Crippen LogP contribution in [0.4, 0.5) is 22.1 Å². The maximum Gasteiger partial charge on any atom is 0.410 e. The van der Waals surface area contributed by atoms with Crippen molar-refractivity contribution in [3.05, 3.63) is 71.0 Å². The average Bonchev–Trinajstić information content (AvgIpc) is 3.41. The predicted octanol–water partition coefficient (Wildman–Crippen LogP) is 4.03. The molecule has 0 saturated carbocycles. The van der Waals surface area contributed by atoms with Crippen LogP contribution in [-0.4, -0.2) is 91.1 Å². The molecule has 0 aliphatic carbocycles. The summed E-state index contributed by atoms with van der Waals surface area (Å²) in [5, 5.41) is 3.53. The maximum absolute atomic E-state index is 12.7. The number of carbonyl (C=O) groups excluding carboxylic acids is 1. The Balaban J connectivity index is 1.00. The van der Waals surface area contributed by atoms with Gasteiger partial charge in [0.1, 0.15) is 36.4 Å². The van der Waals surface area contributed by atoms with Crippen molar-refractivity contribution < 1.29 is 22.7 Å². The average molecular weight is 619 g/mol. The summed E-state index contributed by atoms with van der Waals surface area (Å²) < 4.78 is 36.1. The zero-order valence-electron chi connectivity index (χ0n) is 25.1. The molecule has 12 heteroatoms.